The molecule has 152 valence electrons. The number of nitrogens with zero attached hydrogens (tertiary/aromatic N) is 4. The highest BCUT2D eigenvalue weighted by molar-refractivity contribution is 5.93. The molecule has 1 aliphatic rings. The molecule has 0 bridgehead atoms. The van der Waals surface area contributed by atoms with Crippen LogP contribution in [0.1, 0.15) is 72.0 Å². The number of hydrogen-bond acceptors (Lipinski definition) is 4. The molecule has 1 aliphatic heterocycles. The van der Waals surface area contributed by atoms with Crippen LogP contribution in [0.2, 0.25) is 0 Å². The Morgan fingerprint density at radius 3 is 2.86 bits per heavy atom. The van der Waals surface area contributed by atoms with Crippen molar-refractivity contribution in [1.82, 2.24) is 19.7 Å². The lowest BCUT2D eigenvalue weighted by molar-refractivity contribution is 0.0558. The average Bonchev–Trinajstić information content (AvgIpc) is 3.35. The predicted molar refractivity (Wildman–Crippen MR) is 111 cm³/mol. The van der Waals surface area contributed by atoms with E-state index in [4.69, 9.17) is 4.42 Å². The molecule has 0 radical (unpaired) electrons. The van der Waals surface area contributed by atoms with Crippen molar-refractivity contribution in [3.8, 4) is 0 Å². The second kappa shape index (κ2) is 8.64. The van der Waals surface area contributed by atoms with Gasteiger partial charge in [-0.2, -0.15) is 5.10 Å². The Bertz CT molecular complexity index is 960. The minimum Gasteiger partial charge on any atom is -0.443 e. The molecule has 0 spiro atoms. The SMILES string of the molecule is CCCc1cc(C(=O)N2CCCC[C@H]2c2ncc(Cc3ccccc3)o2)n(C)n1. The summed E-state index contributed by atoms with van der Waals surface area (Å²) in [5.41, 5.74) is 2.79. The van der Waals surface area contributed by atoms with Crippen LogP contribution in [0, 0.1) is 0 Å². The molecule has 1 aromatic carbocycles. The van der Waals surface area contributed by atoms with Gasteiger partial charge in [0.2, 0.25) is 5.89 Å². The van der Waals surface area contributed by atoms with Crippen LogP contribution in [-0.4, -0.2) is 32.1 Å². The fourth-order valence-corrected chi connectivity index (χ4v) is 4.04. The van der Waals surface area contributed by atoms with E-state index in [1.807, 2.05) is 36.2 Å². The van der Waals surface area contributed by atoms with Gasteiger partial charge in [-0.15, -0.1) is 0 Å². The van der Waals surface area contributed by atoms with Crippen molar-refractivity contribution < 1.29 is 9.21 Å². The maximum atomic E-state index is 13.3. The molecule has 0 aliphatic carbocycles. The molecule has 1 fully saturated rings. The number of benzene rings is 1. The van der Waals surface area contributed by atoms with Gasteiger partial charge in [0.25, 0.3) is 5.91 Å². The third kappa shape index (κ3) is 4.26. The Balaban J connectivity index is 1.54. The molecule has 6 heteroatoms. The average molecular weight is 393 g/mol. The van der Waals surface area contributed by atoms with Crippen molar-refractivity contribution in [2.45, 2.75) is 51.5 Å². The fourth-order valence-electron chi connectivity index (χ4n) is 4.04. The highest BCUT2D eigenvalue weighted by Gasteiger charge is 2.33. The Morgan fingerprint density at radius 1 is 1.24 bits per heavy atom. The van der Waals surface area contributed by atoms with Crippen molar-refractivity contribution in [3.05, 3.63) is 71.2 Å². The fraction of sp³-hybridized carbons (Fsp3) is 0.435. The molecule has 3 aromatic rings. The van der Waals surface area contributed by atoms with Crippen LogP contribution in [0.5, 0.6) is 0 Å². The highest BCUT2D eigenvalue weighted by atomic mass is 16.4. The Labute approximate surface area is 171 Å². The number of aryl methyl sites for hydroxylation is 2. The summed E-state index contributed by atoms with van der Waals surface area (Å²) in [5, 5.41) is 4.50. The number of carbonyl (C=O) groups excluding carboxylic acids is 1. The van der Waals surface area contributed by atoms with E-state index < -0.39 is 0 Å². The number of piperidine rings is 1. The molecule has 4 rings (SSSR count). The molecule has 29 heavy (non-hydrogen) atoms. The third-order valence-electron chi connectivity index (χ3n) is 5.50. The van der Waals surface area contributed by atoms with Gasteiger partial charge in [0, 0.05) is 20.0 Å². The van der Waals surface area contributed by atoms with E-state index in [2.05, 4.69) is 29.1 Å². The number of likely N-dealkylation sites (tertiary alicyclic amines) is 1. The Kier molecular flexibility index (Phi) is 5.79. The zero-order valence-electron chi connectivity index (χ0n) is 17.2. The lowest BCUT2D eigenvalue weighted by Crippen LogP contribution is -2.39. The summed E-state index contributed by atoms with van der Waals surface area (Å²) in [7, 11) is 1.84. The normalized spacial score (nSPS) is 16.9. The molecule has 1 saturated heterocycles. The largest absolute Gasteiger partial charge is 0.443 e. The topological polar surface area (TPSA) is 64.2 Å². The van der Waals surface area contributed by atoms with E-state index in [1.54, 1.807) is 10.9 Å². The van der Waals surface area contributed by atoms with E-state index in [0.717, 1.165) is 43.6 Å². The maximum Gasteiger partial charge on any atom is 0.272 e. The van der Waals surface area contributed by atoms with Gasteiger partial charge in [-0.1, -0.05) is 43.7 Å². The van der Waals surface area contributed by atoms with Gasteiger partial charge in [0.05, 0.1) is 11.9 Å². The van der Waals surface area contributed by atoms with E-state index >= 15 is 0 Å². The smallest absolute Gasteiger partial charge is 0.272 e. The van der Waals surface area contributed by atoms with Crippen LogP contribution in [0.15, 0.2) is 47.0 Å². The first-order chi connectivity index (χ1) is 14.2. The molecule has 1 atom stereocenters. The van der Waals surface area contributed by atoms with Crippen LogP contribution < -0.4 is 0 Å². The van der Waals surface area contributed by atoms with Crippen molar-refractivity contribution in [1.29, 1.82) is 0 Å². The quantitative estimate of drug-likeness (QED) is 0.627. The van der Waals surface area contributed by atoms with Gasteiger partial charge in [-0.05, 0) is 37.3 Å². The first-order valence-electron chi connectivity index (χ1n) is 10.5. The summed E-state index contributed by atoms with van der Waals surface area (Å²) in [6.07, 6.45) is 7.33. The van der Waals surface area contributed by atoms with Crippen molar-refractivity contribution in [2.75, 3.05) is 6.54 Å². The van der Waals surface area contributed by atoms with Crippen LogP contribution in [0.3, 0.4) is 0 Å². The van der Waals surface area contributed by atoms with Crippen LogP contribution in [0.25, 0.3) is 0 Å². The minimum absolute atomic E-state index is 0.00913. The molecule has 0 saturated carbocycles. The number of oxazole rings is 1. The second-order valence-corrected chi connectivity index (χ2v) is 7.73. The molecule has 2 aromatic heterocycles. The van der Waals surface area contributed by atoms with Crippen LogP contribution >= 0.6 is 0 Å². The minimum atomic E-state index is -0.120. The molecular weight excluding hydrogens is 364 g/mol. The van der Waals surface area contributed by atoms with Crippen molar-refractivity contribution in [2.24, 2.45) is 7.05 Å². The summed E-state index contributed by atoms with van der Waals surface area (Å²) >= 11 is 0. The molecular formula is C23H28N4O2. The van der Waals surface area contributed by atoms with E-state index in [0.29, 0.717) is 24.6 Å². The Hall–Kier alpha value is -2.89. The number of rotatable bonds is 6. The summed E-state index contributed by atoms with van der Waals surface area (Å²) in [5.74, 6) is 1.48. The molecule has 3 heterocycles. The number of carbonyl (C=O) groups is 1. The van der Waals surface area contributed by atoms with Crippen LogP contribution in [-0.2, 0) is 19.9 Å². The maximum absolute atomic E-state index is 13.3. The zero-order chi connectivity index (χ0) is 20.2. The standard InChI is InChI=1S/C23H28N4O2/c1-3-9-18-15-21(26(2)25-18)23(28)27-13-8-7-12-20(27)22-24-16-19(29-22)14-17-10-5-4-6-11-17/h4-6,10-11,15-16,20H,3,7-9,12-14H2,1-2H3/t20-/m0/s1. The first kappa shape index (κ1) is 19.4. The van der Waals surface area contributed by atoms with Crippen LogP contribution in [0.4, 0.5) is 0 Å². The second-order valence-electron chi connectivity index (χ2n) is 7.73. The molecule has 0 unspecified atom stereocenters. The number of amides is 1. The molecule has 6 nitrogen and oxygen atoms in total. The van der Waals surface area contributed by atoms with E-state index in [9.17, 15) is 4.79 Å². The summed E-state index contributed by atoms with van der Waals surface area (Å²) in [6.45, 7) is 2.83. The zero-order valence-corrected chi connectivity index (χ0v) is 17.2. The lowest BCUT2D eigenvalue weighted by atomic mass is 10.0. The van der Waals surface area contributed by atoms with Gasteiger partial charge < -0.3 is 9.32 Å². The van der Waals surface area contributed by atoms with E-state index in [1.165, 1.54) is 5.56 Å². The molecule has 0 N–H and O–H groups in total. The van der Waals surface area contributed by atoms with Gasteiger partial charge in [-0.25, -0.2) is 4.98 Å². The third-order valence-corrected chi connectivity index (χ3v) is 5.50. The summed E-state index contributed by atoms with van der Waals surface area (Å²) in [6, 6.07) is 12.0. The predicted octanol–water partition coefficient (Wildman–Crippen LogP) is 4.32. The van der Waals surface area contributed by atoms with Gasteiger partial charge in [-0.3, -0.25) is 9.48 Å². The summed E-state index contributed by atoms with van der Waals surface area (Å²) < 4.78 is 7.79. The van der Waals surface area contributed by atoms with Gasteiger partial charge >= 0.3 is 0 Å². The van der Waals surface area contributed by atoms with Gasteiger partial charge in [0.1, 0.15) is 17.5 Å². The highest BCUT2D eigenvalue weighted by Crippen LogP contribution is 2.32. The number of aromatic nitrogens is 3. The van der Waals surface area contributed by atoms with Gasteiger partial charge in [0.15, 0.2) is 0 Å². The first-order valence-corrected chi connectivity index (χ1v) is 10.5. The monoisotopic (exact) mass is 392 g/mol. The number of hydrogen-bond donors (Lipinski definition) is 0. The van der Waals surface area contributed by atoms with Crippen molar-refractivity contribution >= 4 is 5.91 Å². The lowest BCUT2D eigenvalue weighted by Gasteiger charge is -2.33. The summed E-state index contributed by atoms with van der Waals surface area (Å²) in [4.78, 5) is 19.8. The van der Waals surface area contributed by atoms with E-state index in [-0.39, 0.29) is 11.9 Å². The molecule has 1 amide bonds. The van der Waals surface area contributed by atoms with Crippen molar-refractivity contribution in [3.63, 3.8) is 0 Å². The Morgan fingerprint density at radius 2 is 2.07 bits per heavy atom.